The van der Waals surface area contributed by atoms with E-state index >= 15 is 0 Å². The number of carbonyl (C=O) groups is 2. The molecular formula is C39H35FN2O5S. The Kier molecular flexibility index (Phi) is 11.2. The molecule has 7 nitrogen and oxygen atoms in total. The fourth-order valence-corrected chi connectivity index (χ4v) is 6.97. The van der Waals surface area contributed by atoms with Crippen LogP contribution in [0.3, 0.4) is 0 Å². The van der Waals surface area contributed by atoms with Crippen LogP contribution in [0.2, 0.25) is 0 Å². The normalized spacial score (nSPS) is 12.0. The van der Waals surface area contributed by atoms with Gasteiger partial charge in [-0.25, -0.2) is 4.39 Å². The topological polar surface area (TPSA) is 119 Å². The molecule has 0 aliphatic heterocycles. The van der Waals surface area contributed by atoms with E-state index < -0.39 is 28.4 Å². The van der Waals surface area contributed by atoms with Crippen LogP contribution in [0, 0.1) is 5.82 Å². The third-order valence-corrected chi connectivity index (χ3v) is 9.46. The summed E-state index contributed by atoms with van der Waals surface area (Å²) in [4.78, 5) is 27.0. The van der Waals surface area contributed by atoms with E-state index in [0.29, 0.717) is 12.0 Å². The van der Waals surface area contributed by atoms with Gasteiger partial charge < -0.3 is 26.0 Å². The van der Waals surface area contributed by atoms with Gasteiger partial charge in [0.2, 0.25) is 11.8 Å². The summed E-state index contributed by atoms with van der Waals surface area (Å²) in [6.07, 6.45) is 2.62. The first-order chi connectivity index (χ1) is 23.3. The molecule has 5 aromatic rings. The maximum atomic E-state index is 14.3. The number of carbonyl (C=O) groups excluding carboxylic acids is 2. The van der Waals surface area contributed by atoms with Crippen LogP contribution in [0.4, 0.5) is 4.39 Å². The zero-order valence-electron chi connectivity index (χ0n) is 25.9. The molecule has 0 aliphatic rings. The highest BCUT2D eigenvalue weighted by Crippen LogP contribution is 2.48. The summed E-state index contributed by atoms with van der Waals surface area (Å²) in [6, 6.07) is 37.1. The number of hydrogen-bond donors (Lipinski definition) is 5. The highest BCUT2D eigenvalue weighted by Gasteiger charge is 2.38. The SMILES string of the molecule is O=C(/C=C/c1c(O)cccc1F)N[C@@H](CSC(c1ccccc1)(c1ccccc1)c1ccccc1)C(=O)NCCc1ccc(O)c(O)c1. The van der Waals surface area contributed by atoms with Crippen LogP contribution in [-0.4, -0.2) is 45.5 Å². The van der Waals surface area contributed by atoms with Crippen molar-refractivity contribution in [2.45, 2.75) is 17.2 Å². The summed E-state index contributed by atoms with van der Waals surface area (Å²) in [6.45, 7) is 0.195. The Hall–Kier alpha value is -5.54. The number of benzene rings is 5. The average Bonchev–Trinajstić information content (AvgIpc) is 3.10. The van der Waals surface area contributed by atoms with Crippen LogP contribution in [0.5, 0.6) is 17.2 Å². The van der Waals surface area contributed by atoms with E-state index in [4.69, 9.17) is 0 Å². The standard InChI is InChI=1S/C39H35FN2O5S/c40-32-17-10-18-34(43)31(32)20-22-37(46)42-33(38(47)41-24-23-27-19-21-35(44)36(45)25-27)26-48-39(28-11-4-1-5-12-28,29-13-6-2-7-14-29)30-15-8-3-9-16-30/h1-22,25,33,43-45H,23-24,26H2,(H,41,47)(H,42,46)/b22-20+/t33-/m0/s1. The molecule has 0 saturated heterocycles. The van der Waals surface area contributed by atoms with Crippen LogP contribution in [0.25, 0.3) is 6.08 Å². The molecule has 48 heavy (non-hydrogen) atoms. The maximum absolute atomic E-state index is 14.3. The van der Waals surface area contributed by atoms with E-state index in [1.165, 1.54) is 48.2 Å². The van der Waals surface area contributed by atoms with Crippen molar-refractivity contribution >= 4 is 29.7 Å². The highest BCUT2D eigenvalue weighted by molar-refractivity contribution is 8.00. The van der Waals surface area contributed by atoms with Gasteiger partial charge in [0.15, 0.2) is 11.5 Å². The summed E-state index contributed by atoms with van der Waals surface area (Å²) in [5.74, 6) is -2.44. The summed E-state index contributed by atoms with van der Waals surface area (Å²) in [5.41, 5.74) is 3.51. The quantitative estimate of drug-likeness (QED) is 0.0557. The Morgan fingerprint density at radius 3 is 1.85 bits per heavy atom. The summed E-state index contributed by atoms with van der Waals surface area (Å²) in [7, 11) is 0. The van der Waals surface area contributed by atoms with Crippen LogP contribution >= 0.6 is 11.8 Å². The molecule has 5 rings (SSSR count). The van der Waals surface area contributed by atoms with Gasteiger partial charge in [0.25, 0.3) is 0 Å². The van der Waals surface area contributed by atoms with Crippen molar-refractivity contribution in [3.63, 3.8) is 0 Å². The van der Waals surface area contributed by atoms with E-state index in [2.05, 4.69) is 10.6 Å². The summed E-state index contributed by atoms with van der Waals surface area (Å²) >= 11 is 1.50. The van der Waals surface area contributed by atoms with Crippen molar-refractivity contribution in [1.29, 1.82) is 0 Å². The molecule has 1 atom stereocenters. The van der Waals surface area contributed by atoms with E-state index in [9.17, 15) is 29.3 Å². The second kappa shape index (κ2) is 15.8. The predicted octanol–water partition coefficient (Wildman–Crippen LogP) is 6.52. The molecule has 0 fully saturated rings. The number of nitrogens with one attached hydrogen (secondary N) is 2. The Labute approximate surface area is 282 Å². The number of rotatable bonds is 13. The van der Waals surface area contributed by atoms with Gasteiger partial charge >= 0.3 is 0 Å². The molecule has 0 heterocycles. The summed E-state index contributed by atoms with van der Waals surface area (Å²) < 4.78 is 13.6. The Bertz CT molecular complexity index is 1750. The molecule has 0 aromatic heterocycles. The lowest BCUT2D eigenvalue weighted by molar-refractivity contribution is -0.126. The molecule has 2 amide bonds. The van der Waals surface area contributed by atoms with Crippen molar-refractivity contribution in [2.75, 3.05) is 12.3 Å². The predicted molar refractivity (Wildman–Crippen MR) is 187 cm³/mol. The Morgan fingerprint density at radius 1 is 0.729 bits per heavy atom. The molecule has 5 aromatic carbocycles. The number of phenols is 3. The van der Waals surface area contributed by atoms with Gasteiger partial charge in [0.05, 0.1) is 10.3 Å². The van der Waals surface area contributed by atoms with E-state index in [1.54, 1.807) is 6.07 Å². The smallest absolute Gasteiger partial charge is 0.244 e. The molecule has 0 saturated carbocycles. The first-order valence-electron chi connectivity index (χ1n) is 15.3. The van der Waals surface area contributed by atoms with Crippen molar-refractivity contribution < 1.29 is 29.3 Å². The lowest BCUT2D eigenvalue weighted by Gasteiger charge is -2.36. The molecule has 9 heteroatoms. The van der Waals surface area contributed by atoms with Crippen LogP contribution in [0.1, 0.15) is 27.8 Å². The fourth-order valence-electron chi connectivity index (χ4n) is 5.41. The number of amides is 2. The average molecular weight is 663 g/mol. The van der Waals surface area contributed by atoms with Crippen LogP contribution in [-0.2, 0) is 20.8 Å². The van der Waals surface area contributed by atoms with Gasteiger partial charge in [-0.15, -0.1) is 11.8 Å². The molecule has 0 spiro atoms. The minimum absolute atomic E-state index is 0.142. The van der Waals surface area contributed by atoms with E-state index in [-0.39, 0.29) is 35.1 Å². The van der Waals surface area contributed by atoms with Gasteiger partial charge in [-0.2, -0.15) is 0 Å². The number of aromatic hydroxyl groups is 3. The van der Waals surface area contributed by atoms with Gasteiger partial charge in [-0.1, -0.05) is 103 Å². The minimum atomic E-state index is -1.02. The van der Waals surface area contributed by atoms with E-state index in [0.717, 1.165) is 22.8 Å². The van der Waals surface area contributed by atoms with Gasteiger partial charge in [-0.3, -0.25) is 9.59 Å². The van der Waals surface area contributed by atoms with Gasteiger partial charge in [0, 0.05) is 18.4 Å². The number of thioether (sulfide) groups is 1. The fraction of sp³-hybridized carbons (Fsp3) is 0.128. The molecule has 5 N–H and O–H groups in total. The van der Waals surface area contributed by atoms with Gasteiger partial charge in [-0.05, 0) is 59.0 Å². The zero-order valence-corrected chi connectivity index (χ0v) is 26.7. The van der Waals surface area contributed by atoms with Crippen molar-refractivity contribution in [1.82, 2.24) is 10.6 Å². The number of hydrogen-bond acceptors (Lipinski definition) is 6. The molecule has 0 bridgehead atoms. The molecule has 244 valence electrons. The maximum Gasteiger partial charge on any atom is 0.244 e. The molecular weight excluding hydrogens is 628 g/mol. The number of halogens is 1. The third-order valence-electron chi connectivity index (χ3n) is 7.82. The van der Waals surface area contributed by atoms with Crippen molar-refractivity contribution in [3.05, 3.63) is 167 Å². The van der Waals surface area contributed by atoms with Gasteiger partial charge in [0.1, 0.15) is 17.6 Å². The first-order valence-corrected chi connectivity index (χ1v) is 16.3. The number of phenolic OH excluding ortho intramolecular Hbond substituents is 3. The molecule has 0 unspecified atom stereocenters. The Balaban J connectivity index is 1.45. The first kappa shape index (κ1) is 33.8. The summed E-state index contributed by atoms with van der Waals surface area (Å²) in [5, 5.41) is 35.2. The molecule has 0 aliphatic carbocycles. The lowest BCUT2D eigenvalue weighted by atomic mass is 9.84. The lowest BCUT2D eigenvalue weighted by Crippen LogP contribution is -2.49. The third kappa shape index (κ3) is 8.05. The van der Waals surface area contributed by atoms with E-state index in [1.807, 2.05) is 91.0 Å². The van der Waals surface area contributed by atoms with Crippen molar-refractivity contribution in [3.8, 4) is 17.2 Å². The largest absolute Gasteiger partial charge is 0.507 e. The minimum Gasteiger partial charge on any atom is -0.507 e. The Morgan fingerprint density at radius 2 is 1.31 bits per heavy atom. The zero-order chi connectivity index (χ0) is 33.9. The van der Waals surface area contributed by atoms with Crippen molar-refractivity contribution in [2.24, 2.45) is 0 Å². The van der Waals surface area contributed by atoms with Crippen LogP contribution in [0.15, 0.2) is 133 Å². The monoisotopic (exact) mass is 662 g/mol. The van der Waals surface area contributed by atoms with Crippen LogP contribution < -0.4 is 10.6 Å². The molecule has 0 radical (unpaired) electrons. The second-order valence-corrected chi connectivity index (χ2v) is 12.3. The highest BCUT2D eigenvalue weighted by atomic mass is 32.2. The second-order valence-electron chi connectivity index (χ2n) is 11.0.